The van der Waals surface area contributed by atoms with Crippen LogP contribution in [-0.2, 0) is 9.53 Å². The van der Waals surface area contributed by atoms with Gasteiger partial charge >= 0.3 is 5.97 Å². The minimum Gasteiger partial charge on any atom is -0.456 e. The Morgan fingerprint density at radius 1 is 1.40 bits per heavy atom. The Hall–Kier alpha value is -0.570. The van der Waals surface area contributed by atoms with Gasteiger partial charge in [0.25, 0.3) is 0 Å². The van der Waals surface area contributed by atoms with E-state index in [0.717, 1.165) is 12.8 Å². The minimum atomic E-state index is -0.522. The summed E-state index contributed by atoms with van der Waals surface area (Å²) in [6.07, 6.45) is 2.44. The lowest BCUT2D eigenvalue weighted by Gasteiger charge is -2.36. The first-order valence-corrected chi connectivity index (χ1v) is 5.86. The number of aliphatic hydroxyl groups is 1. The highest BCUT2D eigenvalue weighted by atomic mass is 16.6. The molecule has 4 atom stereocenters. The molecule has 2 aliphatic carbocycles. The topological polar surface area (TPSA) is 46.5 Å². The predicted octanol–water partition coefficient (Wildman–Crippen LogP) is 1.49. The van der Waals surface area contributed by atoms with E-state index < -0.39 is 11.7 Å². The molecule has 3 nitrogen and oxygen atoms in total. The molecule has 0 aromatic carbocycles. The normalized spacial score (nSPS) is 51.4. The molecule has 15 heavy (non-hydrogen) atoms. The van der Waals surface area contributed by atoms with Crippen molar-refractivity contribution in [3.05, 3.63) is 0 Å². The standard InChI is InChI=1S/C12H18O3/c1-11(2)7-5-9(13)12(6-8(7)11)4-3-10(14)15-12/h7-9,13H,3-6H2,1-2H3/t7-,8+,9-,12-/m1/s1. The second-order valence-corrected chi connectivity index (χ2v) is 6.03. The molecule has 1 heterocycles. The Bertz CT molecular complexity index is 323. The molecule has 0 amide bonds. The van der Waals surface area contributed by atoms with Gasteiger partial charge in [0.15, 0.2) is 0 Å². The van der Waals surface area contributed by atoms with Crippen molar-refractivity contribution in [3.63, 3.8) is 0 Å². The van der Waals surface area contributed by atoms with Crippen LogP contribution in [0, 0.1) is 17.3 Å². The summed E-state index contributed by atoms with van der Waals surface area (Å²) in [4.78, 5) is 11.2. The molecular formula is C12H18O3. The van der Waals surface area contributed by atoms with Gasteiger partial charge in [-0.2, -0.15) is 0 Å². The third-order valence-electron chi connectivity index (χ3n) is 5.01. The van der Waals surface area contributed by atoms with Crippen LogP contribution in [0.25, 0.3) is 0 Å². The summed E-state index contributed by atoms with van der Waals surface area (Å²) in [5.74, 6) is 1.15. The van der Waals surface area contributed by atoms with Crippen LogP contribution >= 0.6 is 0 Å². The van der Waals surface area contributed by atoms with E-state index in [1.54, 1.807) is 0 Å². The Morgan fingerprint density at radius 3 is 2.73 bits per heavy atom. The second kappa shape index (κ2) is 2.57. The van der Waals surface area contributed by atoms with Gasteiger partial charge in [-0.25, -0.2) is 0 Å². The fourth-order valence-corrected chi connectivity index (χ4v) is 3.72. The summed E-state index contributed by atoms with van der Waals surface area (Å²) < 4.78 is 5.40. The van der Waals surface area contributed by atoms with Gasteiger partial charge in [0.1, 0.15) is 5.60 Å². The fraction of sp³-hybridized carbons (Fsp3) is 0.917. The SMILES string of the molecule is CC1(C)[C@@H]2C[C@@H](O)[C@@]3(CCC(=O)O3)C[C@@H]21. The molecule has 2 saturated carbocycles. The highest BCUT2D eigenvalue weighted by Gasteiger charge is 2.66. The van der Waals surface area contributed by atoms with Gasteiger partial charge in [0, 0.05) is 12.8 Å². The number of esters is 1. The van der Waals surface area contributed by atoms with Crippen molar-refractivity contribution in [2.45, 2.75) is 51.2 Å². The minimum absolute atomic E-state index is 0.133. The Morgan fingerprint density at radius 2 is 2.13 bits per heavy atom. The zero-order valence-electron chi connectivity index (χ0n) is 9.32. The van der Waals surface area contributed by atoms with Crippen LogP contribution in [0.1, 0.15) is 39.5 Å². The predicted molar refractivity (Wildman–Crippen MR) is 54.1 cm³/mol. The van der Waals surface area contributed by atoms with Crippen molar-refractivity contribution in [2.75, 3.05) is 0 Å². The van der Waals surface area contributed by atoms with Gasteiger partial charge in [-0.05, 0) is 30.1 Å². The zero-order valence-corrected chi connectivity index (χ0v) is 9.32. The summed E-state index contributed by atoms with van der Waals surface area (Å²) >= 11 is 0. The maximum atomic E-state index is 11.2. The van der Waals surface area contributed by atoms with E-state index in [0.29, 0.717) is 30.1 Å². The summed E-state index contributed by atoms with van der Waals surface area (Å²) in [5.41, 5.74) is -0.175. The Kier molecular flexibility index (Phi) is 1.65. The maximum absolute atomic E-state index is 11.2. The average molecular weight is 210 g/mol. The molecule has 1 saturated heterocycles. The maximum Gasteiger partial charge on any atom is 0.306 e. The molecule has 0 aromatic heterocycles. The molecule has 0 aromatic rings. The molecular weight excluding hydrogens is 192 g/mol. The molecule has 0 unspecified atom stereocenters. The summed E-state index contributed by atoms with van der Waals surface area (Å²) in [7, 11) is 0. The number of ether oxygens (including phenoxy) is 1. The van der Waals surface area contributed by atoms with E-state index in [2.05, 4.69) is 13.8 Å². The second-order valence-electron chi connectivity index (χ2n) is 6.03. The summed E-state index contributed by atoms with van der Waals surface area (Å²) in [5, 5.41) is 10.1. The van der Waals surface area contributed by atoms with Gasteiger partial charge in [-0.3, -0.25) is 4.79 Å². The van der Waals surface area contributed by atoms with Crippen molar-refractivity contribution in [1.82, 2.24) is 0 Å². The fourth-order valence-electron chi connectivity index (χ4n) is 3.72. The highest BCUT2D eigenvalue weighted by molar-refractivity contribution is 5.72. The smallest absolute Gasteiger partial charge is 0.306 e. The van der Waals surface area contributed by atoms with Crippen LogP contribution < -0.4 is 0 Å². The van der Waals surface area contributed by atoms with E-state index in [1.807, 2.05) is 0 Å². The van der Waals surface area contributed by atoms with E-state index in [-0.39, 0.29) is 5.97 Å². The molecule has 3 fully saturated rings. The third kappa shape index (κ3) is 1.13. The quantitative estimate of drug-likeness (QED) is 0.616. The van der Waals surface area contributed by atoms with E-state index in [4.69, 9.17) is 4.74 Å². The van der Waals surface area contributed by atoms with Gasteiger partial charge in [-0.1, -0.05) is 13.8 Å². The number of aliphatic hydroxyl groups excluding tert-OH is 1. The summed E-state index contributed by atoms with van der Waals surface area (Å²) in [6, 6.07) is 0. The van der Waals surface area contributed by atoms with Crippen molar-refractivity contribution < 1.29 is 14.6 Å². The molecule has 1 aliphatic heterocycles. The molecule has 1 spiro atoms. The van der Waals surface area contributed by atoms with E-state index in [9.17, 15) is 9.90 Å². The van der Waals surface area contributed by atoms with Crippen molar-refractivity contribution in [1.29, 1.82) is 0 Å². The molecule has 84 valence electrons. The van der Waals surface area contributed by atoms with Gasteiger partial charge in [-0.15, -0.1) is 0 Å². The number of hydrogen-bond acceptors (Lipinski definition) is 3. The van der Waals surface area contributed by atoms with Crippen molar-refractivity contribution >= 4 is 5.97 Å². The molecule has 3 rings (SSSR count). The van der Waals surface area contributed by atoms with Crippen molar-refractivity contribution in [2.24, 2.45) is 17.3 Å². The van der Waals surface area contributed by atoms with E-state index >= 15 is 0 Å². The number of fused-ring (bicyclic) bond motifs is 1. The number of carbonyl (C=O) groups is 1. The van der Waals surface area contributed by atoms with Crippen LogP contribution in [0.3, 0.4) is 0 Å². The van der Waals surface area contributed by atoms with E-state index in [1.165, 1.54) is 0 Å². The van der Waals surface area contributed by atoms with Crippen molar-refractivity contribution in [3.8, 4) is 0 Å². The monoisotopic (exact) mass is 210 g/mol. The number of hydrogen-bond donors (Lipinski definition) is 1. The largest absolute Gasteiger partial charge is 0.456 e. The first-order chi connectivity index (χ1) is 6.96. The lowest BCUT2D eigenvalue weighted by Crippen LogP contribution is -2.45. The Labute approximate surface area is 89.8 Å². The van der Waals surface area contributed by atoms with Gasteiger partial charge < -0.3 is 9.84 Å². The van der Waals surface area contributed by atoms with Crippen LogP contribution in [0.2, 0.25) is 0 Å². The van der Waals surface area contributed by atoms with Crippen LogP contribution in [0.5, 0.6) is 0 Å². The summed E-state index contributed by atoms with van der Waals surface area (Å²) in [6.45, 7) is 4.51. The van der Waals surface area contributed by atoms with Crippen LogP contribution in [0.4, 0.5) is 0 Å². The number of carbonyl (C=O) groups excluding carboxylic acids is 1. The van der Waals surface area contributed by atoms with Crippen LogP contribution in [-0.4, -0.2) is 22.8 Å². The lowest BCUT2D eigenvalue weighted by atomic mass is 9.80. The molecule has 0 radical (unpaired) electrons. The van der Waals surface area contributed by atoms with Gasteiger partial charge in [0.2, 0.25) is 0 Å². The first kappa shape index (κ1) is 9.64. The molecule has 1 N–H and O–H groups in total. The molecule has 3 aliphatic rings. The third-order valence-corrected chi connectivity index (χ3v) is 5.01. The van der Waals surface area contributed by atoms with Gasteiger partial charge in [0.05, 0.1) is 6.10 Å². The van der Waals surface area contributed by atoms with Crippen LogP contribution in [0.15, 0.2) is 0 Å². The Balaban J connectivity index is 1.84. The first-order valence-electron chi connectivity index (χ1n) is 5.86. The lowest BCUT2D eigenvalue weighted by molar-refractivity contribution is -0.164. The molecule has 0 bridgehead atoms. The number of rotatable bonds is 0. The molecule has 3 heteroatoms. The average Bonchev–Trinajstić information content (AvgIpc) is 2.55. The highest BCUT2D eigenvalue weighted by Crippen LogP contribution is 2.67. The zero-order chi connectivity index (χ0) is 10.8.